The van der Waals surface area contributed by atoms with Crippen molar-refractivity contribution in [2.45, 2.75) is 26.3 Å². The summed E-state index contributed by atoms with van der Waals surface area (Å²) in [5.41, 5.74) is 1.50. The second kappa shape index (κ2) is 7.81. The number of benzene rings is 1. The molecule has 1 aromatic heterocycles. The molecule has 128 valence electrons. The molecule has 1 aliphatic rings. The smallest absolute Gasteiger partial charge is 0.224 e. The van der Waals surface area contributed by atoms with E-state index in [1.165, 1.54) is 12.8 Å². The molecule has 0 bridgehead atoms. The molecule has 1 fully saturated rings. The topological polar surface area (TPSA) is 58.4 Å². The molecule has 6 heteroatoms. The van der Waals surface area contributed by atoms with Gasteiger partial charge in [0.05, 0.1) is 11.6 Å². The summed E-state index contributed by atoms with van der Waals surface area (Å²) < 4.78 is 5.30. The Hall–Kier alpha value is -1.85. The summed E-state index contributed by atoms with van der Waals surface area (Å²) in [6, 6.07) is 9.28. The molecule has 1 saturated heterocycles. The molecule has 0 unspecified atom stereocenters. The molecular formula is C18H22ClN3O2. The number of halogens is 1. The Balaban J connectivity index is 1.53. The van der Waals surface area contributed by atoms with Gasteiger partial charge in [-0.2, -0.15) is 0 Å². The number of aromatic nitrogens is 1. The quantitative estimate of drug-likeness (QED) is 0.870. The lowest BCUT2D eigenvalue weighted by molar-refractivity contribution is -0.125. The zero-order valence-corrected chi connectivity index (χ0v) is 14.6. The molecule has 1 N–H and O–H groups in total. The van der Waals surface area contributed by atoms with E-state index in [1.807, 2.05) is 37.3 Å². The fourth-order valence-electron chi connectivity index (χ4n) is 2.98. The summed E-state index contributed by atoms with van der Waals surface area (Å²) in [6.07, 6.45) is 2.47. The Kier molecular flexibility index (Phi) is 5.53. The van der Waals surface area contributed by atoms with Crippen molar-refractivity contribution >= 4 is 17.5 Å². The second-order valence-electron chi connectivity index (χ2n) is 6.28. The Morgan fingerprint density at radius 1 is 1.38 bits per heavy atom. The predicted octanol–water partition coefficient (Wildman–Crippen LogP) is 3.34. The zero-order valence-electron chi connectivity index (χ0n) is 13.8. The first kappa shape index (κ1) is 17.0. The highest BCUT2D eigenvalue weighted by Crippen LogP contribution is 2.26. The van der Waals surface area contributed by atoms with Crippen molar-refractivity contribution in [3.05, 3.63) is 41.1 Å². The summed E-state index contributed by atoms with van der Waals surface area (Å²) in [4.78, 5) is 14.6. The first-order valence-corrected chi connectivity index (χ1v) is 8.72. The number of carbonyl (C=O) groups is 1. The van der Waals surface area contributed by atoms with Crippen LogP contribution in [0.5, 0.6) is 0 Å². The van der Waals surface area contributed by atoms with Crippen molar-refractivity contribution in [3.8, 4) is 11.3 Å². The summed E-state index contributed by atoms with van der Waals surface area (Å²) in [7, 11) is 0. The van der Waals surface area contributed by atoms with Crippen molar-refractivity contribution in [2.24, 2.45) is 5.92 Å². The molecule has 1 amide bonds. The molecule has 1 aromatic carbocycles. The number of hydrogen-bond donors (Lipinski definition) is 1. The highest BCUT2D eigenvalue weighted by Gasteiger charge is 2.20. The number of amides is 1. The third-order valence-corrected chi connectivity index (χ3v) is 4.65. The Labute approximate surface area is 147 Å². The first-order chi connectivity index (χ1) is 11.6. The van der Waals surface area contributed by atoms with Crippen LogP contribution in [0.15, 0.2) is 34.9 Å². The normalized spacial score (nSPS) is 16.2. The highest BCUT2D eigenvalue weighted by molar-refractivity contribution is 6.33. The van der Waals surface area contributed by atoms with Crippen LogP contribution < -0.4 is 5.32 Å². The van der Waals surface area contributed by atoms with Crippen LogP contribution in [0.2, 0.25) is 5.02 Å². The van der Waals surface area contributed by atoms with E-state index in [-0.39, 0.29) is 11.8 Å². The maximum atomic E-state index is 12.2. The van der Waals surface area contributed by atoms with E-state index in [0.717, 1.165) is 25.2 Å². The van der Waals surface area contributed by atoms with Gasteiger partial charge in [-0.25, -0.2) is 0 Å². The number of rotatable bonds is 6. The van der Waals surface area contributed by atoms with E-state index in [0.29, 0.717) is 23.0 Å². The third-order valence-electron chi connectivity index (χ3n) is 4.32. The lowest BCUT2D eigenvalue weighted by Gasteiger charge is -2.19. The molecule has 24 heavy (non-hydrogen) atoms. The van der Waals surface area contributed by atoms with Gasteiger partial charge < -0.3 is 14.7 Å². The number of carbonyl (C=O) groups excluding carboxylic acids is 1. The van der Waals surface area contributed by atoms with Crippen LogP contribution in [-0.4, -0.2) is 35.6 Å². The van der Waals surface area contributed by atoms with Crippen LogP contribution in [0.4, 0.5) is 0 Å². The number of nitrogens with one attached hydrogen (secondary N) is 1. The van der Waals surface area contributed by atoms with E-state index >= 15 is 0 Å². The molecule has 2 heterocycles. The fraction of sp³-hybridized carbons (Fsp3) is 0.444. The lowest BCUT2D eigenvalue weighted by Crippen LogP contribution is -2.36. The van der Waals surface area contributed by atoms with Crippen LogP contribution in [0.25, 0.3) is 11.3 Å². The Morgan fingerprint density at radius 3 is 2.88 bits per heavy atom. The average molecular weight is 348 g/mol. The minimum atomic E-state index is -0.0333. The fourth-order valence-corrected chi connectivity index (χ4v) is 3.21. The van der Waals surface area contributed by atoms with Crippen molar-refractivity contribution in [3.63, 3.8) is 0 Å². The second-order valence-corrected chi connectivity index (χ2v) is 6.69. The Morgan fingerprint density at radius 2 is 2.12 bits per heavy atom. The molecule has 5 nitrogen and oxygen atoms in total. The van der Waals surface area contributed by atoms with Crippen LogP contribution in [0.1, 0.15) is 25.5 Å². The number of hydrogen-bond acceptors (Lipinski definition) is 4. The summed E-state index contributed by atoms with van der Waals surface area (Å²) in [5, 5.41) is 7.58. The molecule has 0 saturated carbocycles. The maximum Gasteiger partial charge on any atom is 0.224 e. The van der Waals surface area contributed by atoms with Gasteiger partial charge in [-0.1, -0.05) is 41.9 Å². The van der Waals surface area contributed by atoms with Gasteiger partial charge in [-0.3, -0.25) is 4.79 Å². The molecule has 1 aliphatic heterocycles. The maximum absolute atomic E-state index is 12.2. The zero-order chi connectivity index (χ0) is 16.9. The SMILES string of the molecule is C[C@@H](CN1CCCC1)C(=O)NCc1cc(-c2ccccc2Cl)no1. The molecule has 3 rings (SSSR count). The first-order valence-electron chi connectivity index (χ1n) is 8.34. The van der Waals surface area contributed by atoms with E-state index in [9.17, 15) is 4.79 Å². The van der Waals surface area contributed by atoms with Crippen LogP contribution >= 0.6 is 11.6 Å². The Bertz CT molecular complexity index is 695. The van der Waals surface area contributed by atoms with Crippen molar-refractivity contribution in [1.29, 1.82) is 0 Å². The van der Waals surface area contributed by atoms with Gasteiger partial charge in [0.1, 0.15) is 5.69 Å². The predicted molar refractivity (Wildman–Crippen MR) is 93.6 cm³/mol. The molecule has 1 atom stereocenters. The molecule has 0 spiro atoms. The van der Waals surface area contributed by atoms with E-state index < -0.39 is 0 Å². The van der Waals surface area contributed by atoms with E-state index in [4.69, 9.17) is 16.1 Å². The van der Waals surface area contributed by atoms with Gasteiger partial charge in [-0.05, 0) is 32.0 Å². The van der Waals surface area contributed by atoms with E-state index in [2.05, 4.69) is 15.4 Å². The third kappa shape index (κ3) is 4.16. The number of likely N-dealkylation sites (tertiary alicyclic amines) is 1. The minimum Gasteiger partial charge on any atom is -0.359 e. The van der Waals surface area contributed by atoms with Gasteiger partial charge in [0.2, 0.25) is 5.91 Å². The van der Waals surface area contributed by atoms with Crippen LogP contribution in [0.3, 0.4) is 0 Å². The van der Waals surface area contributed by atoms with Crippen LogP contribution in [0, 0.1) is 5.92 Å². The van der Waals surface area contributed by atoms with Crippen LogP contribution in [-0.2, 0) is 11.3 Å². The summed E-state index contributed by atoms with van der Waals surface area (Å²) in [6.45, 7) is 5.30. The average Bonchev–Trinajstić information content (AvgIpc) is 3.24. The van der Waals surface area contributed by atoms with Crippen molar-refractivity contribution < 1.29 is 9.32 Å². The molecule has 0 radical (unpaired) electrons. The van der Waals surface area contributed by atoms with Crippen molar-refractivity contribution in [1.82, 2.24) is 15.4 Å². The van der Waals surface area contributed by atoms with Gasteiger partial charge in [0, 0.05) is 24.1 Å². The van der Waals surface area contributed by atoms with Gasteiger partial charge in [0.25, 0.3) is 0 Å². The summed E-state index contributed by atoms with van der Waals surface area (Å²) >= 11 is 6.16. The van der Waals surface area contributed by atoms with Gasteiger partial charge in [0.15, 0.2) is 5.76 Å². The standard InChI is InChI=1S/C18H22ClN3O2/c1-13(12-22-8-4-5-9-22)18(23)20-11-14-10-17(21-24-14)15-6-2-3-7-16(15)19/h2-3,6-7,10,13H,4-5,8-9,11-12H2,1H3,(H,20,23)/t13-/m0/s1. The molecule has 0 aliphatic carbocycles. The molecule has 2 aromatic rings. The summed E-state index contributed by atoms with van der Waals surface area (Å²) in [5.74, 6) is 0.623. The largest absolute Gasteiger partial charge is 0.359 e. The monoisotopic (exact) mass is 347 g/mol. The molecular weight excluding hydrogens is 326 g/mol. The lowest BCUT2D eigenvalue weighted by atomic mass is 10.1. The van der Waals surface area contributed by atoms with Crippen molar-refractivity contribution in [2.75, 3.05) is 19.6 Å². The number of nitrogens with zero attached hydrogens (tertiary/aromatic N) is 2. The van der Waals surface area contributed by atoms with Gasteiger partial charge >= 0.3 is 0 Å². The highest BCUT2D eigenvalue weighted by atomic mass is 35.5. The van der Waals surface area contributed by atoms with E-state index in [1.54, 1.807) is 0 Å². The van der Waals surface area contributed by atoms with Gasteiger partial charge in [-0.15, -0.1) is 0 Å². The minimum absolute atomic E-state index is 0.0333.